The maximum absolute atomic E-state index is 12.7. The fourth-order valence-electron chi connectivity index (χ4n) is 3.40. The van der Waals surface area contributed by atoms with Gasteiger partial charge in [-0.3, -0.25) is 5.01 Å². The number of hydrazone groups is 1. The summed E-state index contributed by atoms with van der Waals surface area (Å²) in [5.74, 6) is 0.720. The van der Waals surface area contributed by atoms with Crippen molar-refractivity contribution in [3.8, 4) is 5.75 Å². The van der Waals surface area contributed by atoms with Crippen molar-refractivity contribution in [3.05, 3.63) is 65.7 Å². The van der Waals surface area contributed by atoms with Crippen LogP contribution < -0.4 is 10.1 Å². The zero-order valence-electron chi connectivity index (χ0n) is 18.2. The summed E-state index contributed by atoms with van der Waals surface area (Å²) in [7, 11) is 1.63. The Balaban J connectivity index is 2.04. The van der Waals surface area contributed by atoms with E-state index in [1.165, 1.54) is 0 Å². The number of amides is 1. The Bertz CT molecular complexity index is 869. The molecule has 1 aliphatic heterocycles. The van der Waals surface area contributed by atoms with Gasteiger partial charge in [0.05, 0.1) is 12.8 Å². The van der Waals surface area contributed by atoms with Crippen molar-refractivity contribution in [2.75, 3.05) is 20.2 Å². The molecule has 30 heavy (non-hydrogen) atoms. The van der Waals surface area contributed by atoms with E-state index in [1.54, 1.807) is 7.11 Å². The number of methoxy groups -OCH3 is 1. The zero-order valence-corrected chi connectivity index (χ0v) is 18.2. The Kier molecular flexibility index (Phi) is 6.98. The van der Waals surface area contributed by atoms with E-state index in [0.717, 1.165) is 48.5 Å². The lowest BCUT2D eigenvalue weighted by molar-refractivity contribution is 0.0517. The van der Waals surface area contributed by atoms with Crippen LogP contribution in [0.1, 0.15) is 50.8 Å². The number of carbonyl (C=O) groups is 1. The summed E-state index contributed by atoms with van der Waals surface area (Å²) in [6.45, 7) is 7.37. The summed E-state index contributed by atoms with van der Waals surface area (Å²) in [6, 6.07) is 17.1. The third-order valence-corrected chi connectivity index (χ3v) is 4.76. The first kappa shape index (κ1) is 21.7. The van der Waals surface area contributed by atoms with Gasteiger partial charge in [-0.15, -0.1) is 0 Å². The highest BCUT2D eigenvalue weighted by atomic mass is 16.6. The van der Waals surface area contributed by atoms with Crippen LogP contribution in [0, 0.1) is 0 Å². The molecule has 6 nitrogen and oxygen atoms in total. The summed E-state index contributed by atoms with van der Waals surface area (Å²) in [6.07, 6.45) is 1.75. The fraction of sp³-hybridized carbons (Fsp3) is 0.417. The third kappa shape index (κ3) is 5.99. The highest BCUT2D eigenvalue weighted by Crippen LogP contribution is 2.25. The van der Waals surface area contributed by atoms with Gasteiger partial charge in [-0.25, -0.2) is 4.79 Å². The number of ether oxygens (including phenoxy) is 2. The van der Waals surface area contributed by atoms with Gasteiger partial charge in [0.15, 0.2) is 0 Å². The Labute approximate surface area is 178 Å². The predicted octanol–water partition coefficient (Wildman–Crippen LogP) is 4.76. The molecule has 2 aromatic rings. The molecule has 1 fully saturated rings. The Morgan fingerprint density at radius 2 is 1.77 bits per heavy atom. The second-order valence-corrected chi connectivity index (χ2v) is 8.37. The van der Waals surface area contributed by atoms with Crippen LogP contribution >= 0.6 is 0 Å². The lowest BCUT2D eigenvalue weighted by atomic mass is 9.96. The molecule has 6 heteroatoms. The van der Waals surface area contributed by atoms with Crippen molar-refractivity contribution in [3.63, 3.8) is 0 Å². The standard InChI is InChI=1S/C24H31N3O3/c1-24(2,3)30-23(28)25-21(19-13-10-14-20(17-19)29-4)22(18-11-6-5-7-12-18)26-27-15-8-9-16-27/h5-7,10-14,17,21H,8-9,15-16H2,1-4H3,(H,25,28)/b26-22-/t21-/m1/s1. The number of hydrogen-bond donors (Lipinski definition) is 1. The molecule has 3 rings (SSSR count). The van der Waals surface area contributed by atoms with E-state index < -0.39 is 17.7 Å². The topological polar surface area (TPSA) is 63.2 Å². The van der Waals surface area contributed by atoms with Crippen LogP contribution in [0.2, 0.25) is 0 Å². The van der Waals surface area contributed by atoms with Crippen LogP contribution in [0.15, 0.2) is 59.7 Å². The molecule has 1 atom stereocenters. The number of carbonyl (C=O) groups excluding carboxylic acids is 1. The summed E-state index contributed by atoms with van der Waals surface area (Å²) in [5, 5.41) is 10.1. The van der Waals surface area contributed by atoms with Crippen molar-refractivity contribution in [1.29, 1.82) is 0 Å². The first-order chi connectivity index (χ1) is 14.4. The minimum Gasteiger partial charge on any atom is -0.497 e. The van der Waals surface area contributed by atoms with Crippen LogP contribution in [0.5, 0.6) is 5.75 Å². The number of hydrogen-bond acceptors (Lipinski definition) is 5. The van der Waals surface area contributed by atoms with E-state index in [9.17, 15) is 4.79 Å². The van der Waals surface area contributed by atoms with Crippen molar-refractivity contribution in [2.45, 2.75) is 45.3 Å². The molecule has 0 bridgehead atoms. The Morgan fingerprint density at radius 3 is 2.40 bits per heavy atom. The average molecular weight is 410 g/mol. The van der Waals surface area contributed by atoms with E-state index in [-0.39, 0.29) is 0 Å². The predicted molar refractivity (Wildman–Crippen MR) is 119 cm³/mol. The minimum atomic E-state index is -0.595. The van der Waals surface area contributed by atoms with Crippen LogP contribution in [0.4, 0.5) is 4.79 Å². The molecule has 1 heterocycles. The highest BCUT2D eigenvalue weighted by molar-refractivity contribution is 6.06. The molecule has 0 aliphatic carbocycles. The summed E-state index contributed by atoms with van der Waals surface area (Å²) in [4.78, 5) is 12.7. The summed E-state index contributed by atoms with van der Waals surface area (Å²) >= 11 is 0. The van der Waals surface area contributed by atoms with E-state index in [4.69, 9.17) is 14.6 Å². The highest BCUT2D eigenvalue weighted by Gasteiger charge is 2.27. The normalized spacial score (nSPS) is 15.6. The molecule has 1 amide bonds. The van der Waals surface area contributed by atoms with Gasteiger partial charge in [0, 0.05) is 18.7 Å². The lowest BCUT2D eigenvalue weighted by Gasteiger charge is -2.26. The SMILES string of the molecule is COc1cccc([C@@H](NC(=O)OC(C)(C)C)/C(=N\N2CCCC2)c2ccccc2)c1. The van der Waals surface area contributed by atoms with E-state index in [1.807, 2.05) is 75.4 Å². The molecule has 1 N–H and O–H groups in total. The molecule has 2 aromatic carbocycles. The van der Waals surface area contributed by atoms with E-state index >= 15 is 0 Å². The van der Waals surface area contributed by atoms with Gasteiger partial charge < -0.3 is 14.8 Å². The van der Waals surface area contributed by atoms with Crippen LogP contribution in [0.3, 0.4) is 0 Å². The van der Waals surface area contributed by atoms with E-state index in [2.05, 4.69) is 10.3 Å². The second-order valence-electron chi connectivity index (χ2n) is 8.37. The first-order valence-corrected chi connectivity index (χ1v) is 10.4. The molecule has 1 aliphatic rings. The summed E-state index contributed by atoms with van der Waals surface area (Å²) in [5.41, 5.74) is 2.01. The molecule has 0 aromatic heterocycles. The van der Waals surface area contributed by atoms with Crippen molar-refractivity contribution >= 4 is 11.8 Å². The molecular weight excluding hydrogens is 378 g/mol. The smallest absolute Gasteiger partial charge is 0.408 e. The van der Waals surface area contributed by atoms with Crippen molar-refractivity contribution in [1.82, 2.24) is 10.3 Å². The van der Waals surface area contributed by atoms with Crippen molar-refractivity contribution in [2.24, 2.45) is 5.10 Å². The van der Waals surface area contributed by atoms with Gasteiger partial charge in [0.1, 0.15) is 17.4 Å². The Morgan fingerprint density at radius 1 is 1.07 bits per heavy atom. The third-order valence-electron chi connectivity index (χ3n) is 4.76. The molecular formula is C24H31N3O3. The number of nitrogens with one attached hydrogen (secondary N) is 1. The van der Waals surface area contributed by atoms with E-state index in [0.29, 0.717) is 0 Å². The molecule has 1 saturated heterocycles. The van der Waals surface area contributed by atoms with Crippen LogP contribution in [0.25, 0.3) is 0 Å². The first-order valence-electron chi connectivity index (χ1n) is 10.4. The maximum atomic E-state index is 12.7. The number of benzene rings is 2. The van der Waals surface area contributed by atoms with Gasteiger partial charge in [0.2, 0.25) is 0 Å². The van der Waals surface area contributed by atoms with Gasteiger partial charge in [-0.1, -0.05) is 42.5 Å². The number of alkyl carbamates (subject to hydrolysis) is 1. The van der Waals surface area contributed by atoms with Gasteiger partial charge in [-0.2, -0.15) is 5.10 Å². The molecule has 0 radical (unpaired) electrons. The quantitative estimate of drug-likeness (QED) is 0.699. The number of rotatable bonds is 6. The molecule has 0 spiro atoms. The Hall–Kier alpha value is -3.02. The molecule has 0 unspecified atom stereocenters. The van der Waals surface area contributed by atoms with Crippen LogP contribution in [-0.2, 0) is 4.74 Å². The second kappa shape index (κ2) is 9.65. The minimum absolute atomic E-state index is 0.486. The van der Waals surface area contributed by atoms with Gasteiger partial charge >= 0.3 is 6.09 Å². The average Bonchev–Trinajstić information content (AvgIpc) is 3.23. The molecule has 0 saturated carbocycles. The monoisotopic (exact) mass is 409 g/mol. The largest absolute Gasteiger partial charge is 0.497 e. The van der Waals surface area contributed by atoms with Gasteiger partial charge in [0.25, 0.3) is 0 Å². The zero-order chi connectivity index (χ0) is 21.6. The lowest BCUT2D eigenvalue weighted by Crippen LogP contribution is -2.39. The number of nitrogens with zero attached hydrogens (tertiary/aromatic N) is 2. The fourth-order valence-corrected chi connectivity index (χ4v) is 3.40. The van der Waals surface area contributed by atoms with Gasteiger partial charge in [-0.05, 0) is 51.3 Å². The maximum Gasteiger partial charge on any atom is 0.408 e. The van der Waals surface area contributed by atoms with Crippen LogP contribution in [-0.4, -0.2) is 42.6 Å². The molecule has 160 valence electrons. The van der Waals surface area contributed by atoms with Crippen molar-refractivity contribution < 1.29 is 14.3 Å². The summed E-state index contributed by atoms with van der Waals surface area (Å²) < 4.78 is 11.0.